The first-order chi connectivity index (χ1) is 18.6. The van der Waals surface area contributed by atoms with E-state index in [1.54, 1.807) is 0 Å². The van der Waals surface area contributed by atoms with E-state index >= 15 is 0 Å². The van der Waals surface area contributed by atoms with E-state index in [0.717, 1.165) is 17.8 Å². The Morgan fingerprint density at radius 2 is 1.23 bits per heavy atom. The van der Waals surface area contributed by atoms with Crippen molar-refractivity contribution in [2.24, 2.45) is 68.3 Å². The number of nitrogens with two attached hydrogens (primary N) is 1. The zero-order chi connectivity index (χ0) is 29.5. The summed E-state index contributed by atoms with van der Waals surface area (Å²) in [5.41, 5.74) is 7.54. The summed E-state index contributed by atoms with van der Waals surface area (Å²) in [6.07, 6.45) is 10.2. The van der Waals surface area contributed by atoms with E-state index in [2.05, 4.69) is 48.5 Å². The molecule has 0 radical (unpaired) electrons. The maximum Gasteiger partial charge on any atom is 0.109 e. The van der Waals surface area contributed by atoms with Gasteiger partial charge in [-0.1, -0.05) is 54.9 Å². The van der Waals surface area contributed by atoms with E-state index in [1.165, 1.54) is 70.6 Å². The average molecular weight is 562 g/mol. The van der Waals surface area contributed by atoms with Gasteiger partial charge in [-0.25, -0.2) is 0 Å². The fourth-order valence-electron chi connectivity index (χ4n) is 13.3. The summed E-state index contributed by atoms with van der Waals surface area (Å²) >= 11 is 0. The minimum atomic E-state index is -1.42. The first-order valence-corrected chi connectivity index (χ1v) is 17.0. The first-order valence-electron chi connectivity index (χ1n) is 17.0. The van der Waals surface area contributed by atoms with Crippen LogP contribution in [0.25, 0.3) is 0 Å². The first kappa shape index (κ1) is 31.2. The molecule has 5 unspecified atom stereocenters. The molecule has 0 aromatic carbocycles. The Kier molecular flexibility index (Phi) is 8.17. The van der Waals surface area contributed by atoms with Crippen LogP contribution in [0.15, 0.2) is 0 Å². The molecule has 0 aromatic heterocycles. The van der Waals surface area contributed by atoms with Crippen LogP contribution in [-0.2, 0) is 0 Å². The van der Waals surface area contributed by atoms with Crippen molar-refractivity contribution in [2.45, 2.75) is 150 Å². The van der Waals surface area contributed by atoms with Crippen LogP contribution in [0, 0.1) is 62.6 Å². The van der Waals surface area contributed by atoms with Crippen LogP contribution in [0.4, 0.5) is 0 Å². The quantitative estimate of drug-likeness (QED) is 0.266. The van der Waals surface area contributed by atoms with Crippen LogP contribution in [-0.4, -0.2) is 51.4 Å². The van der Waals surface area contributed by atoms with Gasteiger partial charge in [-0.05, 0) is 133 Å². The van der Waals surface area contributed by atoms with Crippen molar-refractivity contribution in [3.63, 3.8) is 0 Å². The lowest BCUT2D eigenvalue weighted by Crippen LogP contribution is -2.65. The number of aliphatic hydroxyl groups is 4. The molecule has 5 aliphatic rings. The molecule has 40 heavy (non-hydrogen) atoms. The lowest BCUT2D eigenvalue weighted by atomic mass is 9.32. The topological polar surface area (TPSA) is 107 Å². The van der Waals surface area contributed by atoms with Crippen LogP contribution in [0.1, 0.15) is 126 Å². The van der Waals surface area contributed by atoms with Crippen molar-refractivity contribution < 1.29 is 20.4 Å². The third-order valence-electron chi connectivity index (χ3n) is 15.5. The molecule has 5 saturated carbocycles. The number of rotatable bonds is 7. The molecule has 5 aliphatic carbocycles. The van der Waals surface area contributed by atoms with E-state index in [4.69, 9.17) is 5.73 Å². The van der Waals surface area contributed by atoms with Crippen molar-refractivity contribution in [1.29, 1.82) is 0 Å². The monoisotopic (exact) mass is 561 g/mol. The van der Waals surface area contributed by atoms with Crippen molar-refractivity contribution in [2.75, 3.05) is 6.54 Å². The number of hydrogen-bond acceptors (Lipinski definition) is 5. The van der Waals surface area contributed by atoms with Crippen LogP contribution in [0.3, 0.4) is 0 Å². The predicted molar refractivity (Wildman–Crippen MR) is 161 cm³/mol. The third kappa shape index (κ3) is 4.41. The highest BCUT2D eigenvalue weighted by atomic mass is 16.4. The lowest BCUT2D eigenvalue weighted by molar-refractivity contribution is -0.241. The average Bonchev–Trinajstić information content (AvgIpc) is 3.24. The number of fused-ring (bicyclic) bond motifs is 7. The molecule has 6 N–H and O–H groups in total. The normalized spacial score (nSPS) is 50.0. The molecule has 232 valence electrons. The molecular formula is C35H63NO4. The molecule has 0 saturated heterocycles. The molecule has 0 aliphatic heterocycles. The third-order valence-corrected chi connectivity index (χ3v) is 15.5. The van der Waals surface area contributed by atoms with Gasteiger partial charge in [0.1, 0.15) is 12.2 Å². The summed E-state index contributed by atoms with van der Waals surface area (Å²) in [7, 11) is 0. The van der Waals surface area contributed by atoms with Gasteiger partial charge in [-0.3, -0.25) is 0 Å². The van der Waals surface area contributed by atoms with Gasteiger partial charge in [0.15, 0.2) is 0 Å². The highest BCUT2D eigenvalue weighted by Gasteiger charge is 2.70. The largest absolute Gasteiger partial charge is 0.390 e. The molecule has 0 bridgehead atoms. The Bertz CT molecular complexity index is 925. The van der Waals surface area contributed by atoms with Crippen molar-refractivity contribution in [3.8, 4) is 0 Å². The van der Waals surface area contributed by atoms with Crippen LogP contribution >= 0.6 is 0 Å². The number of aliphatic hydroxyl groups excluding tert-OH is 4. The highest BCUT2D eigenvalue weighted by Crippen LogP contribution is 2.78. The summed E-state index contributed by atoms with van der Waals surface area (Å²) in [6.45, 7) is 18.0. The van der Waals surface area contributed by atoms with E-state index in [-0.39, 0.29) is 12.5 Å². The molecule has 0 heterocycles. The van der Waals surface area contributed by atoms with Crippen molar-refractivity contribution in [3.05, 3.63) is 0 Å². The maximum absolute atomic E-state index is 10.8. The fraction of sp³-hybridized carbons (Fsp3) is 1.00. The zero-order valence-electron chi connectivity index (χ0n) is 26.8. The van der Waals surface area contributed by atoms with E-state index in [9.17, 15) is 20.4 Å². The molecule has 5 nitrogen and oxygen atoms in total. The van der Waals surface area contributed by atoms with Crippen LogP contribution in [0.5, 0.6) is 0 Å². The second-order valence-corrected chi connectivity index (χ2v) is 17.4. The minimum Gasteiger partial charge on any atom is -0.390 e. The van der Waals surface area contributed by atoms with Gasteiger partial charge >= 0.3 is 0 Å². The van der Waals surface area contributed by atoms with E-state index in [0.29, 0.717) is 45.3 Å². The van der Waals surface area contributed by atoms with Gasteiger partial charge in [0.05, 0.1) is 12.2 Å². The van der Waals surface area contributed by atoms with Gasteiger partial charge in [0.25, 0.3) is 0 Å². The molecular weight excluding hydrogens is 498 g/mol. The highest BCUT2D eigenvalue weighted by molar-refractivity contribution is 5.19. The van der Waals surface area contributed by atoms with Crippen molar-refractivity contribution >= 4 is 0 Å². The molecule has 14 atom stereocenters. The Morgan fingerprint density at radius 3 is 1.85 bits per heavy atom. The maximum atomic E-state index is 10.8. The van der Waals surface area contributed by atoms with Gasteiger partial charge in [-0.15, -0.1) is 0 Å². The van der Waals surface area contributed by atoms with Crippen LogP contribution < -0.4 is 5.73 Å². The summed E-state index contributed by atoms with van der Waals surface area (Å²) in [4.78, 5) is 0. The molecule has 0 spiro atoms. The van der Waals surface area contributed by atoms with Crippen LogP contribution in [0.2, 0.25) is 0 Å². The van der Waals surface area contributed by atoms with Gasteiger partial charge in [0, 0.05) is 6.54 Å². The lowest BCUT2D eigenvalue weighted by Gasteiger charge is -2.73. The standard InChI is InChI=1S/C35H63NO4/c1-21(19-24(37)29(39)30(40)25(38)20-36)22-11-16-32(4)23(22)12-17-34(6)27(32)9-10-28-33(5)15-8-14-31(2,3)26(33)13-18-35(28,34)7/h21-30,37-40H,8-20,36H2,1-7H3/t21?,22-,23-,24?,25?,26-,27+,28+,29?,30?,32-,33-,34+,35+/m0/s1. The van der Waals surface area contributed by atoms with Gasteiger partial charge in [0.2, 0.25) is 0 Å². The summed E-state index contributed by atoms with van der Waals surface area (Å²) in [6, 6.07) is 0. The smallest absolute Gasteiger partial charge is 0.109 e. The summed E-state index contributed by atoms with van der Waals surface area (Å²) in [5, 5.41) is 41.4. The Hall–Kier alpha value is -0.200. The van der Waals surface area contributed by atoms with Gasteiger partial charge < -0.3 is 26.2 Å². The Morgan fingerprint density at radius 1 is 0.650 bits per heavy atom. The zero-order valence-corrected chi connectivity index (χ0v) is 26.8. The SMILES string of the molecule is CC(CC(O)C(O)C(O)C(O)CN)[C@@H]1CC[C@]2(C)[C@H]3CC[C@@H]4[C@@]5(C)CCCC(C)(C)[C@@H]5CC[C@@]4(C)[C@]3(C)CC[C@@H]12. The fourth-order valence-corrected chi connectivity index (χ4v) is 13.3. The molecule has 0 amide bonds. The minimum absolute atomic E-state index is 0.138. The summed E-state index contributed by atoms with van der Waals surface area (Å²) < 4.78 is 0. The second kappa shape index (κ2) is 10.5. The number of hydrogen-bond donors (Lipinski definition) is 5. The predicted octanol–water partition coefficient (Wildman–Crippen LogP) is 5.91. The molecule has 5 heteroatoms. The molecule has 0 aromatic rings. The molecule has 5 fully saturated rings. The summed E-state index contributed by atoms with van der Waals surface area (Å²) in [5.74, 6) is 3.90. The second-order valence-electron chi connectivity index (χ2n) is 17.4. The Balaban J connectivity index is 1.34. The van der Waals surface area contributed by atoms with Crippen molar-refractivity contribution in [1.82, 2.24) is 0 Å². The molecule has 5 rings (SSSR count). The van der Waals surface area contributed by atoms with E-state index in [1.807, 2.05) is 0 Å². The van der Waals surface area contributed by atoms with Gasteiger partial charge in [-0.2, -0.15) is 0 Å². The van der Waals surface area contributed by atoms with E-state index < -0.39 is 24.4 Å². The Labute approximate surface area is 245 Å².